The molecular weight excluding hydrogens is 270 g/mol. The van der Waals surface area contributed by atoms with Gasteiger partial charge in [0.1, 0.15) is 0 Å². The van der Waals surface area contributed by atoms with Crippen LogP contribution in [0.1, 0.15) is 32.8 Å². The summed E-state index contributed by atoms with van der Waals surface area (Å²) in [4.78, 5) is 0. The summed E-state index contributed by atoms with van der Waals surface area (Å²) in [5, 5.41) is 3.42. The van der Waals surface area contributed by atoms with Crippen LogP contribution in [0.25, 0.3) is 0 Å². The molecule has 0 radical (unpaired) electrons. The molecule has 20 heavy (non-hydrogen) atoms. The zero-order valence-corrected chi connectivity index (χ0v) is 13.9. The average Bonchev–Trinajstić information content (AvgIpc) is 2.45. The van der Waals surface area contributed by atoms with Crippen molar-refractivity contribution in [3.63, 3.8) is 0 Å². The number of hydrogen-bond donors (Lipinski definition) is 1. The molecule has 4 heteroatoms. The molecule has 0 unspecified atom stereocenters. The van der Waals surface area contributed by atoms with Crippen LogP contribution in [0.15, 0.2) is 18.2 Å². The van der Waals surface area contributed by atoms with E-state index in [1.54, 1.807) is 7.11 Å². The normalized spacial score (nSPS) is 10.8. The van der Waals surface area contributed by atoms with Crippen molar-refractivity contribution in [2.24, 2.45) is 0 Å². The van der Waals surface area contributed by atoms with Crippen molar-refractivity contribution in [1.82, 2.24) is 5.32 Å². The van der Waals surface area contributed by atoms with E-state index in [4.69, 9.17) is 9.47 Å². The largest absolute Gasteiger partial charge is 0.493 e. The molecule has 0 saturated carbocycles. The highest BCUT2D eigenvalue weighted by molar-refractivity contribution is 7.99. The molecule has 3 nitrogen and oxygen atoms in total. The second-order valence-electron chi connectivity index (χ2n) is 4.88. The molecule has 1 aromatic carbocycles. The summed E-state index contributed by atoms with van der Waals surface area (Å²) >= 11 is 1.95. The Morgan fingerprint density at radius 3 is 2.75 bits per heavy atom. The number of ether oxygens (including phenoxy) is 2. The Labute approximate surface area is 127 Å². The van der Waals surface area contributed by atoms with Crippen molar-refractivity contribution in [2.75, 3.05) is 25.2 Å². The van der Waals surface area contributed by atoms with Gasteiger partial charge in [0.25, 0.3) is 0 Å². The molecule has 0 aromatic heterocycles. The summed E-state index contributed by atoms with van der Waals surface area (Å²) < 4.78 is 11.4. The Balaban J connectivity index is 2.63. The molecule has 0 bridgehead atoms. The van der Waals surface area contributed by atoms with Crippen LogP contribution >= 0.6 is 11.8 Å². The first-order chi connectivity index (χ1) is 9.69. The van der Waals surface area contributed by atoms with Crippen LogP contribution in [0, 0.1) is 0 Å². The van der Waals surface area contributed by atoms with Crippen LogP contribution in [-0.4, -0.2) is 31.3 Å². The maximum Gasteiger partial charge on any atom is 0.165 e. The molecule has 1 aromatic rings. The van der Waals surface area contributed by atoms with Gasteiger partial charge in [0, 0.05) is 18.2 Å². The SMILES string of the molecule is CCSCCCOc1c(CNC(C)C)cccc1OC. The first-order valence-corrected chi connectivity index (χ1v) is 8.44. The van der Waals surface area contributed by atoms with Gasteiger partial charge in [-0.1, -0.05) is 32.9 Å². The molecule has 114 valence electrons. The standard InChI is InChI=1S/C16H27NO2S/c1-5-20-11-7-10-19-16-14(12-17-13(2)3)8-6-9-15(16)18-4/h6,8-9,13,17H,5,7,10-12H2,1-4H3. The third kappa shape index (κ3) is 6.06. The maximum atomic E-state index is 5.96. The fourth-order valence-electron chi connectivity index (χ4n) is 1.82. The third-order valence-corrected chi connectivity index (χ3v) is 3.85. The van der Waals surface area contributed by atoms with Gasteiger partial charge in [0.15, 0.2) is 11.5 Å². The highest BCUT2D eigenvalue weighted by Gasteiger charge is 2.10. The van der Waals surface area contributed by atoms with Gasteiger partial charge in [-0.15, -0.1) is 0 Å². The number of thioether (sulfide) groups is 1. The van der Waals surface area contributed by atoms with Gasteiger partial charge in [-0.3, -0.25) is 0 Å². The van der Waals surface area contributed by atoms with Crippen LogP contribution in [0.5, 0.6) is 11.5 Å². The van der Waals surface area contributed by atoms with Gasteiger partial charge in [0.05, 0.1) is 13.7 Å². The van der Waals surface area contributed by atoms with E-state index < -0.39 is 0 Å². The quantitative estimate of drug-likeness (QED) is 0.667. The number of nitrogens with one attached hydrogen (secondary N) is 1. The lowest BCUT2D eigenvalue weighted by molar-refractivity contribution is 0.291. The van der Waals surface area contributed by atoms with Gasteiger partial charge in [0.2, 0.25) is 0 Å². The minimum absolute atomic E-state index is 0.454. The smallest absolute Gasteiger partial charge is 0.165 e. The van der Waals surface area contributed by atoms with E-state index in [9.17, 15) is 0 Å². The van der Waals surface area contributed by atoms with E-state index in [1.165, 1.54) is 0 Å². The average molecular weight is 297 g/mol. The second-order valence-corrected chi connectivity index (χ2v) is 6.28. The minimum Gasteiger partial charge on any atom is -0.493 e. The molecule has 0 heterocycles. The van der Waals surface area contributed by atoms with Gasteiger partial charge in [-0.05, 0) is 24.0 Å². The van der Waals surface area contributed by atoms with Crippen LogP contribution in [0.3, 0.4) is 0 Å². The number of hydrogen-bond acceptors (Lipinski definition) is 4. The molecule has 0 amide bonds. The van der Waals surface area contributed by atoms with Crippen molar-refractivity contribution < 1.29 is 9.47 Å². The lowest BCUT2D eigenvalue weighted by atomic mass is 10.1. The van der Waals surface area contributed by atoms with Gasteiger partial charge in [-0.25, -0.2) is 0 Å². The monoisotopic (exact) mass is 297 g/mol. The predicted octanol–water partition coefficient (Wildman–Crippen LogP) is 3.72. The summed E-state index contributed by atoms with van der Waals surface area (Å²) in [6.45, 7) is 8.00. The van der Waals surface area contributed by atoms with E-state index in [2.05, 4.69) is 32.2 Å². The van der Waals surface area contributed by atoms with Gasteiger partial charge >= 0.3 is 0 Å². The van der Waals surface area contributed by atoms with Crippen molar-refractivity contribution in [3.8, 4) is 11.5 Å². The molecular formula is C16H27NO2S. The summed E-state index contributed by atoms with van der Waals surface area (Å²) in [7, 11) is 1.69. The molecule has 1 N–H and O–H groups in total. The first-order valence-electron chi connectivity index (χ1n) is 7.28. The van der Waals surface area contributed by atoms with Crippen molar-refractivity contribution in [3.05, 3.63) is 23.8 Å². The summed E-state index contributed by atoms with van der Waals surface area (Å²) in [6.07, 6.45) is 1.06. The lowest BCUT2D eigenvalue weighted by Crippen LogP contribution is -2.22. The summed E-state index contributed by atoms with van der Waals surface area (Å²) in [5.74, 6) is 4.00. The van der Waals surface area contributed by atoms with Crippen LogP contribution in [-0.2, 0) is 6.54 Å². The van der Waals surface area contributed by atoms with E-state index in [1.807, 2.05) is 23.9 Å². The zero-order valence-electron chi connectivity index (χ0n) is 13.1. The lowest BCUT2D eigenvalue weighted by Gasteiger charge is -2.16. The molecule has 0 saturated heterocycles. The Morgan fingerprint density at radius 2 is 2.10 bits per heavy atom. The minimum atomic E-state index is 0.454. The Kier molecular flexibility index (Phi) is 8.54. The number of methoxy groups -OCH3 is 1. The Morgan fingerprint density at radius 1 is 1.30 bits per heavy atom. The van der Waals surface area contributed by atoms with Gasteiger partial charge in [-0.2, -0.15) is 11.8 Å². The second kappa shape index (κ2) is 9.94. The van der Waals surface area contributed by atoms with E-state index in [-0.39, 0.29) is 0 Å². The predicted molar refractivity (Wildman–Crippen MR) is 88.1 cm³/mol. The zero-order chi connectivity index (χ0) is 14.8. The van der Waals surface area contributed by atoms with E-state index >= 15 is 0 Å². The molecule has 1 rings (SSSR count). The number of para-hydroxylation sites is 1. The molecule has 0 spiro atoms. The fraction of sp³-hybridized carbons (Fsp3) is 0.625. The van der Waals surface area contributed by atoms with Crippen LogP contribution in [0.2, 0.25) is 0 Å². The molecule has 0 aliphatic carbocycles. The summed E-state index contributed by atoms with van der Waals surface area (Å²) in [5.41, 5.74) is 1.15. The fourth-order valence-corrected chi connectivity index (χ4v) is 2.43. The molecule has 0 aliphatic rings. The van der Waals surface area contributed by atoms with Crippen LogP contribution < -0.4 is 14.8 Å². The summed E-state index contributed by atoms with van der Waals surface area (Å²) in [6, 6.07) is 6.51. The van der Waals surface area contributed by atoms with Crippen molar-refractivity contribution in [1.29, 1.82) is 0 Å². The topological polar surface area (TPSA) is 30.5 Å². The third-order valence-electron chi connectivity index (χ3n) is 2.86. The number of rotatable bonds is 10. The van der Waals surface area contributed by atoms with Crippen LogP contribution in [0.4, 0.5) is 0 Å². The molecule has 0 atom stereocenters. The van der Waals surface area contributed by atoms with E-state index in [0.29, 0.717) is 6.04 Å². The molecule has 0 aliphatic heterocycles. The first kappa shape index (κ1) is 17.2. The van der Waals surface area contributed by atoms with Gasteiger partial charge < -0.3 is 14.8 Å². The Hall–Kier alpha value is -0.870. The highest BCUT2D eigenvalue weighted by atomic mass is 32.2. The van der Waals surface area contributed by atoms with Crippen molar-refractivity contribution >= 4 is 11.8 Å². The molecule has 0 fully saturated rings. The maximum absolute atomic E-state index is 5.96. The Bertz CT molecular complexity index is 383. The number of benzene rings is 1. The highest BCUT2D eigenvalue weighted by Crippen LogP contribution is 2.31. The van der Waals surface area contributed by atoms with E-state index in [0.717, 1.165) is 48.1 Å². The van der Waals surface area contributed by atoms with Crippen molar-refractivity contribution in [2.45, 2.75) is 39.8 Å².